The van der Waals surface area contributed by atoms with Crippen LogP contribution in [0.5, 0.6) is 0 Å². The van der Waals surface area contributed by atoms with E-state index in [2.05, 4.69) is 10.3 Å². The highest BCUT2D eigenvalue weighted by molar-refractivity contribution is 5.38. The van der Waals surface area contributed by atoms with Gasteiger partial charge in [0.25, 0.3) is 0 Å². The second kappa shape index (κ2) is 5.12. The lowest BCUT2D eigenvalue weighted by molar-refractivity contribution is 0.870. The first-order chi connectivity index (χ1) is 6.36. The van der Waals surface area contributed by atoms with Crippen molar-refractivity contribution >= 4 is 5.82 Å². The third-order valence-electron chi connectivity index (χ3n) is 1.58. The molecule has 0 aliphatic rings. The first-order valence-corrected chi connectivity index (χ1v) is 4.17. The summed E-state index contributed by atoms with van der Waals surface area (Å²) in [5.74, 6) is 0.785. The molecule has 0 radical (unpaired) electrons. The highest BCUT2D eigenvalue weighted by Gasteiger charge is 1.93. The number of hydrogen-bond donors (Lipinski definition) is 2. The Morgan fingerprint density at radius 2 is 2.38 bits per heavy atom. The van der Waals surface area contributed by atoms with E-state index in [4.69, 9.17) is 11.0 Å². The number of nitrogens with zero attached hydrogens (tertiary/aromatic N) is 2. The first-order valence-electron chi connectivity index (χ1n) is 4.17. The number of aromatic nitrogens is 1. The predicted molar refractivity (Wildman–Crippen MR) is 51.1 cm³/mol. The standard InChI is InChI=1S/C9H12N4/c10-4-1-5-12-9-3-2-8(6-11)7-13-9/h2-3,7H,1,4-5,10H2,(H,12,13). The van der Waals surface area contributed by atoms with E-state index >= 15 is 0 Å². The summed E-state index contributed by atoms with van der Waals surface area (Å²) < 4.78 is 0. The Bertz CT molecular complexity index is 285. The summed E-state index contributed by atoms with van der Waals surface area (Å²) in [6.07, 6.45) is 2.46. The third kappa shape index (κ3) is 3.09. The molecule has 3 N–H and O–H groups in total. The Morgan fingerprint density at radius 3 is 2.92 bits per heavy atom. The van der Waals surface area contributed by atoms with Crippen LogP contribution in [0, 0.1) is 11.3 Å². The maximum Gasteiger partial charge on any atom is 0.125 e. The largest absolute Gasteiger partial charge is 0.370 e. The van der Waals surface area contributed by atoms with Gasteiger partial charge < -0.3 is 11.1 Å². The van der Waals surface area contributed by atoms with Crippen molar-refractivity contribution in [1.82, 2.24) is 4.98 Å². The number of nitriles is 1. The van der Waals surface area contributed by atoms with Gasteiger partial charge in [-0.25, -0.2) is 4.98 Å². The third-order valence-corrected chi connectivity index (χ3v) is 1.58. The fourth-order valence-electron chi connectivity index (χ4n) is 0.883. The van der Waals surface area contributed by atoms with E-state index in [1.807, 2.05) is 6.07 Å². The first kappa shape index (κ1) is 9.49. The van der Waals surface area contributed by atoms with Crippen LogP contribution in [0.15, 0.2) is 18.3 Å². The second-order valence-electron chi connectivity index (χ2n) is 2.61. The molecule has 13 heavy (non-hydrogen) atoms. The summed E-state index contributed by atoms with van der Waals surface area (Å²) in [5, 5.41) is 11.6. The number of hydrogen-bond acceptors (Lipinski definition) is 4. The lowest BCUT2D eigenvalue weighted by Crippen LogP contribution is -2.09. The van der Waals surface area contributed by atoms with Gasteiger partial charge in [-0.3, -0.25) is 0 Å². The van der Waals surface area contributed by atoms with Crippen molar-refractivity contribution in [2.45, 2.75) is 6.42 Å². The molecule has 0 spiro atoms. The molecule has 1 aromatic rings. The molecular formula is C9H12N4. The quantitative estimate of drug-likeness (QED) is 0.663. The van der Waals surface area contributed by atoms with Crippen LogP contribution in [-0.4, -0.2) is 18.1 Å². The van der Waals surface area contributed by atoms with E-state index in [1.54, 1.807) is 18.3 Å². The minimum atomic E-state index is 0.573. The van der Waals surface area contributed by atoms with Gasteiger partial charge in [-0.15, -0.1) is 0 Å². The van der Waals surface area contributed by atoms with E-state index in [-0.39, 0.29) is 0 Å². The van der Waals surface area contributed by atoms with Gasteiger partial charge in [0.15, 0.2) is 0 Å². The summed E-state index contributed by atoms with van der Waals surface area (Å²) in [6.45, 7) is 1.48. The van der Waals surface area contributed by atoms with E-state index in [0.29, 0.717) is 12.1 Å². The minimum Gasteiger partial charge on any atom is -0.370 e. The van der Waals surface area contributed by atoms with Gasteiger partial charge in [0.05, 0.1) is 5.56 Å². The van der Waals surface area contributed by atoms with Gasteiger partial charge in [-0.2, -0.15) is 5.26 Å². The van der Waals surface area contributed by atoms with Crippen LogP contribution in [0.2, 0.25) is 0 Å². The summed E-state index contributed by atoms with van der Waals surface area (Å²) in [4.78, 5) is 4.05. The molecule has 0 aromatic carbocycles. The minimum absolute atomic E-state index is 0.573. The molecular weight excluding hydrogens is 164 g/mol. The van der Waals surface area contributed by atoms with Crippen molar-refractivity contribution in [2.75, 3.05) is 18.4 Å². The van der Waals surface area contributed by atoms with Crippen molar-refractivity contribution in [2.24, 2.45) is 5.73 Å². The molecule has 0 unspecified atom stereocenters. The number of nitrogens with one attached hydrogen (secondary N) is 1. The van der Waals surface area contributed by atoms with Crippen LogP contribution in [0.25, 0.3) is 0 Å². The van der Waals surface area contributed by atoms with E-state index in [9.17, 15) is 0 Å². The summed E-state index contributed by atoms with van der Waals surface area (Å²) >= 11 is 0. The number of nitrogens with two attached hydrogens (primary N) is 1. The van der Waals surface area contributed by atoms with Gasteiger partial charge in [-0.05, 0) is 25.1 Å². The molecule has 1 heterocycles. The molecule has 1 aromatic heterocycles. The number of pyridine rings is 1. The Kier molecular flexibility index (Phi) is 3.74. The fraction of sp³-hybridized carbons (Fsp3) is 0.333. The van der Waals surface area contributed by atoms with Crippen molar-refractivity contribution in [3.63, 3.8) is 0 Å². The average molecular weight is 176 g/mol. The fourth-order valence-corrected chi connectivity index (χ4v) is 0.883. The van der Waals surface area contributed by atoms with Gasteiger partial charge >= 0.3 is 0 Å². The molecule has 0 saturated heterocycles. The van der Waals surface area contributed by atoms with Crippen LogP contribution in [0.1, 0.15) is 12.0 Å². The zero-order valence-electron chi connectivity index (χ0n) is 7.33. The molecule has 0 bridgehead atoms. The average Bonchev–Trinajstić information content (AvgIpc) is 2.19. The van der Waals surface area contributed by atoms with Gasteiger partial charge in [0, 0.05) is 12.7 Å². The SMILES string of the molecule is N#Cc1ccc(NCCCN)nc1. The zero-order chi connectivity index (χ0) is 9.52. The lowest BCUT2D eigenvalue weighted by Gasteiger charge is -2.02. The van der Waals surface area contributed by atoms with Gasteiger partial charge in [-0.1, -0.05) is 0 Å². The number of anilines is 1. The Balaban J connectivity index is 2.46. The van der Waals surface area contributed by atoms with Crippen molar-refractivity contribution in [3.8, 4) is 6.07 Å². The highest BCUT2D eigenvalue weighted by atomic mass is 15.0. The normalized spacial score (nSPS) is 9.23. The van der Waals surface area contributed by atoms with Crippen LogP contribution in [0.3, 0.4) is 0 Å². The number of rotatable bonds is 4. The monoisotopic (exact) mass is 176 g/mol. The topological polar surface area (TPSA) is 74.7 Å². The maximum atomic E-state index is 8.52. The van der Waals surface area contributed by atoms with Crippen LogP contribution < -0.4 is 11.1 Å². The molecule has 4 nitrogen and oxygen atoms in total. The van der Waals surface area contributed by atoms with Crippen LogP contribution in [0.4, 0.5) is 5.82 Å². The molecule has 4 heteroatoms. The van der Waals surface area contributed by atoms with Crippen LogP contribution >= 0.6 is 0 Å². The van der Waals surface area contributed by atoms with Crippen LogP contribution in [-0.2, 0) is 0 Å². The molecule has 0 fully saturated rings. The van der Waals surface area contributed by atoms with Crippen molar-refractivity contribution in [1.29, 1.82) is 5.26 Å². The maximum absolute atomic E-state index is 8.52. The highest BCUT2D eigenvalue weighted by Crippen LogP contribution is 2.03. The van der Waals surface area contributed by atoms with Crippen molar-refractivity contribution in [3.05, 3.63) is 23.9 Å². The lowest BCUT2D eigenvalue weighted by atomic mass is 10.3. The molecule has 0 aliphatic heterocycles. The molecule has 0 aliphatic carbocycles. The van der Waals surface area contributed by atoms with Gasteiger partial charge in [0.2, 0.25) is 0 Å². The van der Waals surface area contributed by atoms with Crippen molar-refractivity contribution < 1.29 is 0 Å². The molecule has 68 valence electrons. The Morgan fingerprint density at radius 1 is 1.54 bits per heavy atom. The summed E-state index contributed by atoms with van der Waals surface area (Å²) in [7, 11) is 0. The Hall–Kier alpha value is -1.60. The van der Waals surface area contributed by atoms with Gasteiger partial charge in [0.1, 0.15) is 11.9 Å². The molecule has 0 amide bonds. The smallest absolute Gasteiger partial charge is 0.125 e. The second-order valence-corrected chi connectivity index (χ2v) is 2.61. The molecule has 1 rings (SSSR count). The molecule has 0 atom stereocenters. The molecule has 0 saturated carbocycles. The Labute approximate surface area is 77.4 Å². The predicted octanol–water partition coefficient (Wildman–Crippen LogP) is 0.714. The van der Waals surface area contributed by atoms with E-state index in [1.165, 1.54) is 0 Å². The summed E-state index contributed by atoms with van der Waals surface area (Å²) in [6, 6.07) is 5.53. The van der Waals surface area contributed by atoms with E-state index < -0.39 is 0 Å². The zero-order valence-corrected chi connectivity index (χ0v) is 7.33. The summed E-state index contributed by atoms with van der Waals surface area (Å²) in [5.41, 5.74) is 5.91. The van der Waals surface area contributed by atoms with E-state index in [0.717, 1.165) is 18.8 Å².